The average Bonchev–Trinajstić information content (AvgIpc) is 2.41. The van der Waals surface area contributed by atoms with Crippen LogP contribution >= 0.6 is 69.6 Å². The molecule has 0 aromatic heterocycles. The van der Waals surface area contributed by atoms with Gasteiger partial charge in [0.05, 0.1) is 10.6 Å². The SMILES string of the molecule is O=C(c1cc(Cl)ccc1Oc1ccc(Cl)cc1Cl)C(Cl)(Cl)Cl. The second kappa shape index (κ2) is 7.04. The molecule has 2 rings (SSSR count). The molecule has 0 saturated heterocycles. The smallest absolute Gasteiger partial charge is 0.253 e. The quantitative estimate of drug-likeness (QED) is 0.396. The van der Waals surface area contributed by atoms with E-state index in [1.807, 2.05) is 0 Å². The van der Waals surface area contributed by atoms with Crippen LogP contribution in [-0.2, 0) is 0 Å². The van der Waals surface area contributed by atoms with Crippen molar-refractivity contribution in [3.63, 3.8) is 0 Å². The van der Waals surface area contributed by atoms with Crippen molar-refractivity contribution in [2.75, 3.05) is 0 Å². The molecule has 0 radical (unpaired) electrons. The first-order chi connectivity index (χ1) is 10.2. The van der Waals surface area contributed by atoms with Crippen LogP contribution < -0.4 is 4.74 Å². The molecule has 2 aromatic carbocycles. The largest absolute Gasteiger partial charge is 0.455 e. The second-order valence-corrected chi connectivity index (χ2v) is 7.71. The first kappa shape index (κ1) is 18.0. The van der Waals surface area contributed by atoms with Gasteiger partial charge in [-0.3, -0.25) is 4.79 Å². The van der Waals surface area contributed by atoms with Crippen LogP contribution in [0.3, 0.4) is 0 Å². The fourth-order valence-corrected chi connectivity index (χ4v) is 2.52. The summed E-state index contributed by atoms with van der Waals surface area (Å²) in [6, 6.07) is 9.03. The van der Waals surface area contributed by atoms with Crippen LogP contribution in [-0.4, -0.2) is 9.58 Å². The summed E-state index contributed by atoms with van der Waals surface area (Å²) in [6.07, 6.45) is 0. The number of rotatable bonds is 3. The lowest BCUT2D eigenvalue weighted by atomic mass is 10.1. The Labute approximate surface area is 156 Å². The molecule has 0 amide bonds. The van der Waals surface area contributed by atoms with E-state index in [0.717, 1.165) is 0 Å². The highest BCUT2D eigenvalue weighted by Crippen LogP contribution is 2.38. The van der Waals surface area contributed by atoms with Gasteiger partial charge in [-0.15, -0.1) is 0 Å². The topological polar surface area (TPSA) is 26.3 Å². The van der Waals surface area contributed by atoms with Gasteiger partial charge in [0.1, 0.15) is 11.5 Å². The van der Waals surface area contributed by atoms with Gasteiger partial charge >= 0.3 is 0 Å². The van der Waals surface area contributed by atoms with Crippen LogP contribution in [0.25, 0.3) is 0 Å². The van der Waals surface area contributed by atoms with E-state index in [-0.39, 0.29) is 16.3 Å². The molecule has 0 aliphatic carbocycles. The number of ketones is 1. The molecule has 0 aliphatic rings. The van der Waals surface area contributed by atoms with Crippen LogP contribution in [0.5, 0.6) is 11.5 Å². The zero-order chi connectivity index (χ0) is 16.5. The molecule has 0 heterocycles. The first-order valence-electron chi connectivity index (χ1n) is 5.72. The molecule has 8 heteroatoms. The molecular weight excluding hydrogens is 413 g/mol. The highest BCUT2D eigenvalue weighted by atomic mass is 35.6. The first-order valence-corrected chi connectivity index (χ1v) is 7.99. The molecule has 0 bridgehead atoms. The number of halogens is 6. The van der Waals surface area contributed by atoms with Crippen LogP contribution in [0.2, 0.25) is 15.1 Å². The molecule has 0 fully saturated rings. The number of carbonyl (C=O) groups is 1. The molecule has 0 unspecified atom stereocenters. The molecule has 116 valence electrons. The standard InChI is InChI=1S/C14H6Cl6O2/c15-7-1-3-11(9(5-7)13(21)14(18,19)20)22-12-4-2-8(16)6-10(12)17/h1-6H. The van der Waals surface area contributed by atoms with Crippen molar-refractivity contribution in [2.45, 2.75) is 3.79 Å². The number of ether oxygens (including phenoxy) is 1. The average molecular weight is 419 g/mol. The van der Waals surface area contributed by atoms with Crippen molar-refractivity contribution >= 4 is 75.4 Å². The predicted molar refractivity (Wildman–Crippen MR) is 92.6 cm³/mol. The molecule has 0 saturated carbocycles. The fraction of sp³-hybridized carbons (Fsp3) is 0.0714. The summed E-state index contributed by atoms with van der Waals surface area (Å²) >= 11 is 34.6. The van der Waals surface area contributed by atoms with Crippen LogP contribution in [0.4, 0.5) is 0 Å². The normalized spacial score (nSPS) is 11.4. The lowest BCUT2D eigenvalue weighted by Gasteiger charge is -2.15. The minimum atomic E-state index is -2.13. The second-order valence-electron chi connectivity index (χ2n) is 4.14. The molecule has 2 aromatic rings. The van der Waals surface area contributed by atoms with E-state index < -0.39 is 9.58 Å². The van der Waals surface area contributed by atoms with Gasteiger partial charge in [-0.05, 0) is 36.4 Å². The van der Waals surface area contributed by atoms with Gasteiger partial charge in [-0.2, -0.15) is 0 Å². The minimum Gasteiger partial charge on any atom is -0.455 e. The molecule has 0 N–H and O–H groups in total. The van der Waals surface area contributed by atoms with Crippen LogP contribution in [0.1, 0.15) is 10.4 Å². The van der Waals surface area contributed by atoms with E-state index >= 15 is 0 Å². The summed E-state index contributed by atoms with van der Waals surface area (Å²) in [7, 11) is 0. The van der Waals surface area contributed by atoms with Gasteiger partial charge in [0.25, 0.3) is 3.79 Å². The maximum atomic E-state index is 12.2. The molecule has 0 aliphatic heterocycles. The number of carbonyl (C=O) groups excluding carboxylic acids is 1. The van der Waals surface area contributed by atoms with Gasteiger partial charge in [0, 0.05) is 10.0 Å². The number of Topliss-reactive ketones (excluding diaryl/α,β-unsaturated/α-hetero) is 1. The maximum absolute atomic E-state index is 12.2. The van der Waals surface area contributed by atoms with Crippen molar-refractivity contribution in [3.8, 4) is 11.5 Å². The molecule has 0 atom stereocenters. The number of alkyl halides is 3. The summed E-state index contributed by atoms with van der Waals surface area (Å²) in [6.45, 7) is 0. The van der Waals surface area contributed by atoms with E-state index in [9.17, 15) is 4.79 Å². The van der Waals surface area contributed by atoms with Crippen LogP contribution in [0, 0.1) is 0 Å². The Balaban J connectivity index is 2.45. The van der Waals surface area contributed by atoms with E-state index in [4.69, 9.17) is 74.3 Å². The minimum absolute atomic E-state index is 0.0264. The maximum Gasteiger partial charge on any atom is 0.253 e. The third-order valence-corrected chi connectivity index (χ3v) is 3.84. The fourth-order valence-electron chi connectivity index (χ4n) is 1.60. The third-order valence-electron chi connectivity index (χ3n) is 2.56. The van der Waals surface area contributed by atoms with Crippen molar-refractivity contribution in [3.05, 3.63) is 57.0 Å². The Morgan fingerprint density at radius 3 is 1.95 bits per heavy atom. The highest BCUT2D eigenvalue weighted by Gasteiger charge is 2.34. The Morgan fingerprint density at radius 1 is 0.864 bits per heavy atom. The lowest BCUT2D eigenvalue weighted by Crippen LogP contribution is -2.19. The molecule has 22 heavy (non-hydrogen) atoms. The van der Waals surface area contributed by atoms with Gasteiger partial charge in [-0.1, -0.05) is 69.6 Å². The van der Waals surface area contributed by atoms with Crippen molar-refractivity contribution in [1.29, 1.82) is 0 Å². The van der Waals surface area contributed by atoms with Gasteiger partial charge < -0.3 is 4.74 Å². The summed E-state index contributed by atoms with van der Waals surface area (Å²) in [5.41, 5.74) is 0.0264. The predicted octanol–water partition coefficient (Wildman–Crippen LogP) is 6.99. The summed E-state index contributed by atoms with van der Waals surface area (Å²) in [4.78, 5) is 12.2. The number of benzene rings is 2. The van der Waals surface area contributed by atoms with Crippen molar-refractivity contribution in [1.82, 2.24) is 0 Å². The highest BCUT2D eigenvalue weighted by molar-refractivity contribution is 6.77. The van der Waals surface area contributed by atoms with Gasteiger partial charge in [0.15, 0.2) is 0 Å². The van der Waals surface area contributed by atoms with Crippen LogP contribution in [0.15, 0.2) is 36.4 Å². The summed E-state index contributed by atoms with van der Waals surface area (Å²) in [5, 5.41) is 1.02. The van der Waals surface area contributed by atoms with E-state index in [0.29, 0.717) is 15.8 Å². The molecule has 2 nitrogen and oxygen atoms in total. The summed E-state index contributed by atoms with van der Waals surface area (Å²) < 4.78 is 3.49. The zero-order valence-electron chi connectivity index (χ0n) is 10.5. The van der Waals surface area contributed by atoms with Gasteiger partial charge in [0.2, 0.25) is 5.78 Å². The van der Waals surface area contributed by atoms with E-state index in [2.05, 4.69) is 0 Å². The van der Waals surface area contributed by atoms with E-state index in [1.54, 1.807) is 12.1 Å². The molecule has 0 spiro atoms. The molecular formula is C14H6Cl6O2. The summed E-state index contributed by atoms with van der Waals surface area (Å²) in [5.74, 6) is -0.309. The Morgan fingerprint density at radius 2 is 1.41 bits per heavy atom. The Bertz CT molecular complexity index is 724. The third kappa shape index (κ3) is 4.35. The number of hydrogen-bond donors (Lipinski definition) is 0. The van der Waals surface area contributed by atoms with Crippen molar-refractivity contribution in [2.24, 2.45) is 0 Å². The monoisotopic (exact) mass is 416 g/mol. The lowest BCUT2D eigenvalue weighted by molar-refractivity contribution is 0.0994. The zero-order valence-corrected chi connectivity index (χ0v) is 15.1. The Hall–Kier alpha value is -0.350. The van der Waals surface area contributed by atoms with Crippen molar-refractivity contribution < 1.29 is 9.53 Å². The Kier molecular flexibility index (Phi) is 5.76. The number of hydrogen-bond acceptors (Lipinski definition) is 2. The van der Waals surface area contributed by atoms with E-state index in [1.165, 1.54) is 24.3 Å². The van der Waals surface area contributed by atoms with Gasteiger partial charge in [-0.25, -0.2) is 0 Å².